The molecule has 0 bridgehead atoms. The maximum Gasteiger partial charge on any atom is 0.0501 e. The first-order chi connectivity index (χ1) is 6.90. The van der Waals surface area contributed by atoms with Crippen LogP contribution in [0.3, 0.4) is 0 Å². The quantitative estimate of drug-likeness (QED) is 0.301. The van der Waals surface area contributed by atoms with Crippen molar-refractivity contribution in [3.8, 4) is 0 Å². The van der Waals surface area contributed by atoms with E-state index in [1.54, 1.807) is 12.3 Å². The van der Waals surface area contributed by atoms with Gasteiger partial charge in [-0.25, -0.2) is 0 Å². The molecule has 0 heterocycles. The summed E-state index contributed by atoms with van der Waals surface area (Å²) in [6, 6.07) is 7.93. The standard InChI is InChI=1S/C10H10N4/c11-14-13-10-4-2-1-3-8(10)7-12-9-5-6-9/h1-4,7,9H,5-6H2. The first-order valence-corrected chi connectivity index (χ1v) is 4.57. The van der Waals surface area contributed by atoms with E-state index in [-0.39, 0.29) is 0 Å². The molecule has 2 rings (SSSR count). The van der Waals surface area contributed by atoms with Crippen molar-refractivity contribution in [3.63, 3.8) is 0 Å². The summed E-state index contributed by atoms with van der Waals surface area (Å²) < 4.78 is 0. The molecule has 0 amide bonds. The van der Waals surface area contributed by atoms with Gasteiger partial charge in [-0.05, 0) is 18.4 Å². The average Bonchev–Trinajstić information content (AvgIpc) is 3.01. The molecule has 0 aliphatic heterocycles. The summed E-state index contributed by atoms with van der Waals surface area (Å²) in [5, 5.41) is 3.59. The largest absolute Gasteiger partial charge is 0.289 e. The molecule has 1 aliphatic rings. The maximum absolute atomic E-state index is 8.35. The Hall–Kier alpha value is -1.80. The first-order valence-electron chi connectivity index (χ1n) is 4.57. The fourth-order valence-electron chi connectivity index (χ4n) is 1.15. The fraction of sp³-hybridized carbons (Fsp3) is 0.300. The Bertz CT molecular complexity index is 400. The highest BCUT2D eigenvalue weighted by Gasteiger charge is 2.18. The van der Waals surface area contributed by atoms with E-state index < -0.39 is 0 Å². The number of benzene rings is 1. The van der Waals surface area contributed by atoms with Crippen LogP contribution in [0.2, 0.25) is 0 Å². The number of hydrogen-bond acceptors (Lipinski definition) is 2. The molecule has 1 aliphatic carbocycles. The van der Waals surface area contributed by atoms with E-state index >= 15 is 0 Å². The molecule has 0 unspecified atom stereocenters. The molecule has 0 spiro atoms. The van der Waals surface area contributed by atoms with E-state index in [1.165, 1.54) is 12.8 Å². The molecule has 0 atom stereocenters. The lowest BCUT2D eigenvalue weighted by Crippen LogP contribution is -1.83. The highest BCUT2D eigenvalue weighted by atomic mass is 15.1. The van der Waals surface area contributed by atoms with Gasteiger partial charge >= 0.3 is 0 Å². The minimum absolute atomic E-state index is 0.495. The molecule has 1 aromatic rings. The molecule has 14 heavy (non-hydrogen) atoms. The van der Waals surface area contributed by atoms with Crippen molar-refractivity contribution in [1.82, 2.24) is 0 Å². The second kappa shape index (κ2) is 3.94. The van der Waals surface area contributed by atoms with Gasteiger partial charge in [-0.1, -0.05) is 29.4 Å². The summed E-state index contributed by atoms with van der Waals surface area (Å²) in [5.41, 5.74) is 9.87. The summed E-state index contributed by atoms with van der Waals surface area (Å²) >= 11 is 0. The van der Waals surface area contributed by atoms with Gasteiger partial charge in [0.2, 0.25) is 0 Å². The van der Waals surface area contributed by atoms with Crippen molar-refractivity contribution in [1.29, 1.82) is 0 Å². The third-order valence-electron chi connectivity index (χ3n) is 2.06. The van der Waals surface area contributed by atoms with Crippen LogP contribution in [0.25, 0.3) is 10.4 Å². The van der Waals surface area contributed by atoms with Crippen LogP contribution in [0.4, 0.5) is 5.69 Å². The molecule has 1 saturated carbocycles. The average molecular weight is 186 g/mol. The molecule has 70 valence electrons. The van der Waals surface area contributed by atoms with Gasteiger partial charge in [0.25, 0.3) is 0 Å². The molecule has 4 heteroatoms. The molecule has 0 N–H and O–H groups in total. The van der Waals surface area contributed by atoms with E-state index in [9.17, 15) is 0 Å². The van der Waals surface area contributed by atoms with Gasteiger partial charge in [-0.2, -0.15) is 0 Å². The van der Waals surface area contributed by atoms with Crippen molar-refractivity contribution in [2.45, 2.75) is 18.9 Å². The lowest BCUT2D eigenvalue weighted by molar-refractivity contribution is 1.08. The predicted octanol–water partition coefficient (Wildman–Crippen LogP) is 3.21. The molecular weight excluding hydrogens is 176 g/mol. The number of azide groups is 1. The third kappa shape index (κ3) is 2.12. The van der Waals surface area contributed by atoms with Crippen molar-refractivity contribution >= 4 is 11.9 Å². The van der Waals surface area contributed by atoms with Gasteiger partial charge in [0.1, 0.15) is 0 Å². The lowest BCUT2D eigenvalue weighted by Gasteiger charge is -1.96. The predicted molar refractivity (Wildman–Crippen MR) is 55.9 cm³/mol. The van der Waals surface area contributed by atoms with Crippen LogP contribution in [-0.4, -0.2) is 12.3 Å². The fourth-order valence-corrected chi connectivity index (χ4v) is 1.15. The lowest BCUT2D eigenvalue weighted by atomic mass is 10.2. The molecule has 4 nitrogen and oxygen atoms in total. The second-order valence-corrected chi connectivity index (χ2v) is 3.26. The van der Waals surface area contributed by atoms with E-state index in [1.807, 2.05) is 18.2 Å². The SMILES string of the molecule is [N-]=[N+]=Nc1ccccc1C=NC1CC1. The van der Waals surface area contributed by atoms with Gasteiger partial charge in [-0.15, -0.1) is 0 Å². The minimum atomic E-state index is 0.495. The molecular formula is C10H10N4. The van der Waals surface area contributed by atoms with Crippen LogP contribution in [0.15, 0.2) is 34.4 Å². The van der Waals surface area contributed by atoms with Crippen LogP contribution in [-0.2, 0) is 0 Å². The van der Waals surface area contributed by atoms with E-state index in [0.717, 1.165) is 5.56 Å². The van der Waals surface area contributed by atoms with Crippen molar-refractivity contribution in [2.75, 3.05) is 0 Å². The van der Waals surface area contributed by atoms with Crippen molar-refractivity contribution in [2.24, 2.45) is 10.1 Å². The van der Waals surface area contributed by atoms with Gasteiger partial charge in [0.15, 0.2) is 0 Å². The van der Waals surface area contributed by atoms with E-state index in [4.69, 9.17) is 5.53 Å². The monoisotopic (exact) mass is 186 g/mol. The first kappa shape index (κ1) is 8.78. The molecule has 1 fully saturated rings. The van der Waals surface area contributed by atoms with E-state index in [0.29, 0.717) is 11.7 Å². The molecule has 0 radical (unpaired) electrons. The Morgan fingerprint density at radius 2 is 2.14 bits per heavy atom. The molecule has 0 aromatic heterocycles. The zero-order valence-corrected chi connectivity index (χ0v) is 7.67. The highest BCUT2D eigenvalue weighted by molar-refractivity contribution is 5.86. The zero-order chi connectivity index (χ0) is 9.80. The normalized spacial score (nSPS) is 15.4. The Balaban J connectivity index is 2.25. The summed E-state index contributed by atoms with van der Waals surface area (Å²) in [6.07, 6.45) is 4.15. The van der Waals surface area contributed by atoms with Gasteiger partial charge in [0, 0.05) is 22.4 Å². The Labute approximate surface area is 81.9 Å². The third-order valence-corrected chi connectivity index (χ3v) is 2.06. The smallest absolute Gasteiger partial charge is 0.0501 e. The maximum atomic E-state index is 8.35. The van der Waals surface area contributed by atoms with Crippen LogP contribution < -0.4 is 0 Å². The van der Waals surface area contributed by atoms with Crippen molar-refractivity contribution in [3.05, 3.63) is 40.3 Å². The number of aliphatic imine (C=N–C) groups is 1. The Morgan fingerprint density at radius 3 is 2.86 bits per heavy atom. The summed E-state index contributed by atoms with van der Waals surface area (Å²) in [4.78, 5) is 7.11. The van der Waals surface area contributed by atoms with Crippen LogP contribution in [0.1, 0.15) is 18.4 Å². The van der Waals surface area contributed by atoms with Gasteiger partial charge in [-0.3, -0.25) is 4.99 Å². The number of rotatable bonds is 3. The van der Waals surface area contributed by atoms with Crippen LogP contribution in [0.5, 0.6) is 0 Å². The summed E-state index contributed by atoms with van der Waals surface area (Å²) in [5.74, 6) is 0. The van der Waals surface area contributed by atoms with Crippen LogP contribution in [0, 0.1) is 0 Å². The number of hydrogen-bond donors (Lipinski definition) is 0. The second-order valence-electron chi connectivity index (χ2n) is 3.26. The minimum Gasteiger partial charge on any atom is -0.289 e. The Kier molecular flexibility index (Phi) is 2.47. The molecule has 1 aromatic carbocycles. The highest BCUT2D eigenvalue weighted by Crippen LogP contribution is 2.24. The summed E-state index contributed by atoms with van der Waals surface area (Å²) in [7, 11) is 0. The Morgan fingerprint density at radius 1 is 1.36 bits per heavy atom. The summed E-state index contributed by atoms with van der Waals surface area (Å²) in [6.45, 7) is 0. The van der Waals surface area contributed by atoms with Gasteiger partial charge in [0.05, 0.1) is 6.04 Å². The number of nitrogens with zero attached hydrogens (tertiary/aromatic N) is 4. The van der Waals surface area contributed by atoms with E-state index in [2.05, 4.69) is 15.0 Å². The van der Waals surface area contributed by atoms with Crippen molar-refractivity contribution < 1.29 is 0 Å². The zero-order valence-electron chi connectivity index (χ0n) is 7.67. The van der Waals surface area contributed by atoms with Gasteiger partial charge < -0.3 is 0 Å². The molecule has 0 saturated heterocycles. The topological polar surface area (TPSA) is 61.1 Å². The van der Waals surface area contributed by atoms with Crippen LogP contribution >= 0.6 is 0 Å².